The minimum Gasteiger partial charge on any atom is -0.510 e. The zero-order chi connectivity index (χ0) is 83.2. The summed E-state index contributed by atoms with van der Waals surface area (Å²) in [6.07, 6.45) is 18.9. The Hall–Kier alpha value is -10.6. The van der Waals surface area contributed by atoms with Gasteiger partial charge in [0.25, 0.3) is 12.0 Å². The summed E-state index contributed by atoms with van der Waals surface area (Å²) in [6.45, 7) is 41.8. The maximum atomic E-state index is 6.64. The monoisotopic (exact) mass is 2140 g/mol. The van der Waals surface area contributed by atoms with Gasteiger partial charge in [-0.25, -0.2) is 9.97 Å². The van der Waals surface area contributed by atoms with Crippen molar-refractivity contribution >= 4 is 11.4 Å². The molecule has 2 aliphatic rings. The zero-order valence-electron chi connectivity index (χ0n) is 72.5. The summed E-state index contributed by atoms with van der Waals surface area (Å²) in [5.41, 5.74) is 27.8. The number of aromatic nitrogens is 8. The van der Waals surface area contributed by atoms with Gasteiger partial charge >= 0.3 is 21.1 Å². The Bertz CT molecular complexity index is 5590. The summed E-state index contributed by atoms with van der Waals surface area (Å²) in [5.74, 6) is 5.04. The Morgan fingerprint density at radius 2 is 0.752 bits per heavy atom. The summed E-state index contributed by atoms with van der Waals surface area (Å²) >= 11 is 0. The zero-order valence-corrected chi connectivity index (χ0v) is 79.3. The first-order valence-corrected chi connectivity index (χ1v) is 41.0. The minimum absolute atomic E-state index is 0. The van der Waals surface area contributed by atoms with Crippen LogP contribution in [0.25, 0.3) is 67.9 Å². The molecule has 17 heteroatoms. The fourth-order valence-corrected chi connectivity index (χ4v) is 15.4. The van der Waals surface area contributed by atoms with Crippen molar-refractivity contribution in [2.24, 2.45) is 0 Å². The molecular weight excluding hydrogens is 2030 g/mol. The SMILES string of the molecule is Cc1cc(C(C)C)c(-n2cc(-c3[c-]cccc3)nc2Cc2[c-]c(N3C=CN(C)[CH-]3)ccc2)c(C(C)C)c1.Cc1cc(C(C)C)c(-n2cc(-c3[c-]cccc3)nc2Oc2[c-]c(-c3nccn3-c3c(C)cccc3C)ccc2)c(C(C)C)c1.Cc1cc(C(C)C)c(-n2cc(-c3[c-]cccc3)nc2Oc2[c-]c(N3C=CN(C)[CH-]3)ccc2)c(C(C)C)c1.[Pt+2].[Pt].[Pt]. The van der Waals surface area contributed by atoms with E-state index in [2.05, 4.69) is 288 Å². The molecule has 10 aromatic carbocycles. The molecule has 0 radical (unpaired) electrons. The van der Waals surface area contributed by atoms with Gasteiger partial charge in [0.05, 0.1) is 22.9 Å². The fraction of sp³-hybridized carbons (Fsp3) is 0.250. The van der Waals surface area contributed by atoms with E-state index in [1.54, 1.807) is 0 Å². The van der Waals surface area contributed by atoms with E-state index < -0.39 is 0 Å². The summed E-state index contributed by atoms with van der Waals surface area (Å²) in [6, 6.07) is 83.7. The molecular formula is C104H106N12O2Pt3-6. The van der Waals surface area contributed by atoms with Gasteiger partial charge in [-0.2, -0.15) is 49.2 Å². The molecule has 0 saturated heterocycles. The Labute approximate surface area is 760 Å². The number of imidazole rings is 4. The van der Waals surface area contributed by atoms with E-state index in [1.807, 2.05) is 170 Å². The van der Waals surface area contributed by atoms with Crippen LogP contribution in [0.15, 0.2) is 238 Å². The van der Waals surface area contributed by atoms with Gasteiger partial charge in [0.1, 0.15) is 5.82 Å². The number of anilines is 2. The van der Waals surface area contributed by atoms with Crippen LogP contribution in [0.3, 0.4) is 0 Å². The molecule has 0 saturated carbocycles. The van der Waals surface area contributed by atoms with Gasteiger partial charge in [-0.3, -0.25) is 19.1 Å². The van der Waals surface area contributed by atoms with Crippen molar-refractivity contribution in [1.82, 2.24) is 48.0 Å². The summed E-state index contributed by atoms with van der Waals surface area (Å²) in [7, 11) is 4.02. The van der Waals surface area contributed by atoms with E-state index in [0.29, 0.717) is 65.4 Å². The molecule has 14 nitrogen and oxygen atoms in total. The van der Waals surface area contributed by atoms with Gasteiger partial charge in [-0.15, -0.1) is 161 Å². The van der Waals surface area contributed by atoms with Gasteiger partial charge < -0.3 is 38.2 Å². The van der Waals surface area contributed by atoms with Gasteiger partial charge in [0.15, 0.2) is 0 Å². The first-order chi connectivity index (χ1) is 56.8. The molecule has 0 N–H and O–H groups in total. The molecule has 0 amide bonds. The van der Waals surface area contributed by atoms with Crippen molar-refractivity contribution in [3.8, 4) is 91.4 Å². The quantitative estimate of drug-likeness (QED) is 0.0610. The van der Waals surface area contributed by atoms with Crippen molar-refractivity contribution in [1.29, 1.82) is 0 Å². The molecule has 16 rings (SSSR count). The molecule has 6 heterocycles. The maximum absolute atomic E-state index is 6.64. The molecule has 0 unspecified atom stereocenters. The van der Waals surface area contributed by atoms with Crippen molar-refractivity contribution in [2.75, 3.05) is 23.9 Å². The Morgan fingerprint density at radius 1 is 0.380 bits per heavy atom. The van der Waals surface area contributed by atoms with E-state index in [4.69, 9.17) is 29.4 Å². The van der Waals surface area contributed by atoms with Crippen molar-refractivity contribution in [2.45, 2.75) is 160 Å². The number of ether oxygens (including phenoxy) is 2. The number of hydrogen-bond acceptors (Lipinski definition) is 10. The standard InChI is InChI=1S/C39H38N4O.C33H35N4.C32H33N4O.3Pt/c1-25(2)33-21-27(5)22-34(26(3)4)37(33)43-24-35(30-15-9-8-10-16-30)41-39(43)44-32-18-12-17-31(23-32)38-40-19-20-42(38)36-28(6)13-11-14-29(36)7;1-23(2)29-17-25(5)18-30(24(3)4)33(29)37-21-31(27-12-8-7-9-13-27)34-32(37)20-26-11-10-14-28(19-26)36-16-15-35(6)22-36;1-22(2)28-17-24(5)18-29(23(3)4)31(28)36-20-30(25-11-8-7-9-12-25)33-32(36)37-27-14-10-13-26(19-27)35-16-15-34(6)21-35;;;/h8-15,17-22,24-26H,1-7H3;7-12,14-18,21-24H,20H2,1-6H3;7-11,13-18,20-23H,1-6H3;;;/q-2;2*-3;;;+2. The second kappa shape index (κ2) is 40.4. The van der Waals surface area contributed by atoms with Crippen LogP contribution in [0.4, 0.5) is 11.4 Å². The predicted molar refractivity (Wildman–Crippen MR) is 480 cm³/mol. The Balaban J connectivity index is 0.000000176. The third-order valence-electron chi connectivity index (χ3n) is 21.2. The average molecular weight is 2140 g/mol. The third-order valence-corrected chi connectivity index (χ3v) is 21.2. The van der Waals surface area contributed by atoms with E-state index in [-0.39, 0.29) is 63.2 Å². The van der Waals surface area contributed by atoms with Crippen LogP contribution in [0, 0.1) is 84.4 Å². The van der Waals surface area contributed by atoms with Gasteiger partial charge in [0.2, 0.25) is 0 Å². The van der Waals surface area contributed by atoms with Crippen LogP contribution in [-0.2, 0) is 69.6 Å². The fourth-order valence-electron chi connectivity index (χ4n) is 15.4. The van der Waals surface area contributed by atoms with Crippen molar-refractivity contribution in [3.05, 3.63) is 360 Å². The Kier molecular flexibility index (Phi) is 30.4. The predicted octanol–water partition coefficient (Wildman–Crippen LogP) is 25.4. The number of hydrogen-bond donors (Lipinski definition) is 0. The third kappa shape index (κ3) is 20.9. The molecule has 0 atom stereocenters. The number of rotatable bonds is 22. The molecule has 0 spiro atoms. The van der Waals surface area contributed by atoms with Crippen molar-refractivity contribution < 1.29 is 72.7 Å². The Morgan fingerprint density at radius 3 is 1.16 bits per heavy atom. The number of benzene rings is 10. The van der Waals surface area contributed by atoms with Crippen LogP contribution in [-0.4, -0.2) is 62.1 Å². The van der Waals surface area contributed by atoms with Crippen LogP contribution >= 0.6 is 0 Å². The van der Waals surface area contributed by atoms with Crippen LogP contribution in [0.2, 0.25) is 0 Å². The summed E-state index contributed by atoms with van der Waals surface area (Å²) < 4.78 is 21.8. The maximum Gasteiger partial charge on any atom is 2.00 e. The smallest absolute Gasteiger partial charge is 0.510 e. The van der Waals surface area contributed by atoms with Gasteiger partial charge in [-0.1, -0.05) is 160 Å². The number of para-hydroxylation sites is 1. The summed E-state index contributed by atoms with van der Waals surface area (Å²) in [4.78, 5) is 28.0. The van der Waals surface area contributed by atoms with E-state index in [1.165, 1.54) is 66.9 Å². The minimum atomic E-state index is 0. The van der Waals surface area contributed by atoms with Crippen LogP contribution in [0.1, 0.15) is 191 Å². The molecule has 4 aromatic heterocycles. The van der Waals surface area contributed by atoms with E-state index >= 15 is 0 Å². The molecule has 630 valence electrons. The first kappa shape index (κ1) is 91.1. The largest absolute Gasteiger partial charge is 2.00 e. The van der Waals surface area contributed by atoms with Crippen LogP contribution in [0.5, 0.6) is 23.5 Å². The number of aryl methyl sites for hydroxylation is 5. The van der Waals surface area contributed by atoms with Crippen molar-refractivity contribution in [3.63, 3.8) is 0 Å². The second-order valence-electron chi connectivity index (χ2n) is 32.7. The normalized spacial score (nSPS) is 12.3. The first-order valence-electron chi connectivity index (χ1n) is 41.0. The van der Waals surface area contributed by atoms with Gasteiger partial charge in [0, 0.05) is 95.2 Å². The topological polar surface area (TPSA) is 103 Å². The molecule has 2 aliphatic heterocycles. The molecule has 0 bridgehead atoms. The van der Waals surface area contributed by atoms with Crippen LogP contribution < -0.4 is 19.3 Å². The average Bonchev–Trinajstić information content (AvgIpc) is 1.69. The molecule has 14 aromatic rings. The van der Waals surface area contributed by atoms with E-state index in [0.717, 1.165) is 85.0 Å². The van der Waals surface area contributed by atoms with E-state index in [9.17, 15) is 0 Å². The summed E-state index contributed by atoms with van der Waals surface area (Å²) in [5, 5.41) is 0. The second-order valence-corrected chi connectivity index (χ2v) is 32.7. The molecule has 0 fully saturated rings. The van der Waals surface area contributed by atoms with Gasteiger partial charge in [-0.05, 0) is 172 Å². The number of nitrogens with zero attached hydrogens (tertiary/aromatic N) is 12. The molecule has 0 aliphatic carbocycles. The molecule has 121 heavy (non-hydrogen) atoms.